The first kappa shape index (κ1) is 19.6. The van der Waals surface area contributed by atoms with Crippen LogP contribution in [0.5, 0.6) is 0 Å². The smallest absolute Gasteiger partial charge is 0.225 e. The molecule has 3 fully saturated rings. The van der Waals surface area contributed by atoms with Gasteiger partial charge >= 0.3 is 0 Å². The van der Waals surface area contributed by atoms with E-state index in [-0.39, 0.29) is 41.7 Å². The number of amides is 2. The molecule has 0 aromatic heterocycles. The third-order valence-corrected chi connectivity index (χ3v) is 7.64. The minimum Gasteiger partial charge on any atom is -0.355 e. The van der Waals surface area contributed by atoms with Crippen LogP contribution in [-0.2, 0) is 19.4 Å². The summed E-state index contributed by atoms with van der Waals surface area (Å²) >= 11 is 0. The van der Waals surface area contributed by atoms with Crippen LogP contribution in [0.15, 0.2) is 0 Å². The predicted octanol–water partition coefficient (Wildman–Crippen LogP) is 0.451. The molecule has 1 aliphatic carbocycles. The van der Waals surface area contributed by atoms with Gasteiger partial charge in [0.25, 0.3) is 0 Å². The Kier molecular flexibility index (Phi) is 6.55. The number of hydrogen-bond acceptors (Lipinski definition) is 5. The van der Waals surface area contributed by atoms with E-state index in [9.17, 15) is 18.0 Å². The molecule has 0 radical (unpaired) electrons. The lowest BCUT2D eigenvalue weighted by Gasteiger charge is -2.23. The van der Waals surface area contributed by atoms with Gasteiger partial charge in [-0.1, -0.05) is 25.7 Å². The summed E-state index contributed by atoms with van der Waals surface area (Å²) in [5.74, 6) is -0.360. The standard InChI is InChI=1S/C18H31N3O4S/c22-17-11-14(12-21(17)16-7-10-26(24,25)13-16)18(23)20-9-8-19-15-5-3-1-2-4-6-15/h14-16,19H,1-13H2,(H,20,23). The first-order valence-corrected chi connectivity index (χ1v) is 11.8. The van der Waals surface area contributed by atoms with E-state index in [1.54, 1.807) is 4.90 Å². The molecule has 2 N–H and O–H groups in total. The Morgan fingerprint density at radius 3 is 2.46 bits per heavy atom. The summed E-state index contributed by atoms with van der Waals surface area (Å²) < 4.78 is 23.2. The van der Waals surface area contributed by atoms with Gasteiger partial charge in [-0.15, -0.1) is 0 Å². The maximum absolute atomic E-state index is 12.3. The molecule has 3 aliphatic rings. The Hall–Kier alpha value is -1.15. The van der Waals surface area contributed by atoms with Gasteiger partial charge in [-0.2, -0.15) is 0 Å². The van der Waals surface area contributed by atoms with Crippen LogP contribution in [0.4, 0.5) is 0 Å². The molecule has 2 atom stereocenters. The van der Waals surface area contributed by atoms with E-state index in [0.717, 1.165) is 6.54 Å². The van der Waals surface area contributed by atoms with Crippen molar-refractivity contribution < 1.29 is 18.0 Å². The predicted molar refractivity (Wildman–Crippen MR) is 99.4 cm³/mol. The van der Waals surface area contributed by atoms with Gasteiger partial charge in [-0.3, -0.25) is 9.59 Å². The number of nitrogens with zero attached hydrogens (tertiary/aromatic N) is 1. The van der Waals surface area contributed by atoms with E-state index in [4.69, 9.17) is 0 Å². The zero-order valence-corrected chi connectivity index (χ0v) is 16.2. The van der Waals surface area contributed by atoms with E-state index in [0.29, 0.717) is 25.6 Å². The molecule has 2 heterocycles. The Labute approximate surface area is 156 Å². The van der Waals surface area contributed by atoms with Crippen LogP contribution in [-0.4, -0.2) is 68.4 Å². The van der Waals surface area contributed by atoms with Crippen LogP contribution in [0.1, 0.15) is 51.4 Å². The van der Waals surface area contributed by atoms with Gasteiger partial charge in [0.05, 0.1) is 17.4 Å². The number of carbonyl (C=O) groups is 2. The highest BCUT2D eigenvalue weighted by Crippen LogP contribution is 2.26. The van der Waals surface area contributed by atoms with Gasteiger partial charge in [0, 0.05) is 38.1 Å². The third kappa shape index (κ3) is 5.19. The molecule has 7 nitrogen and oxygen atoms in total. The molecule has 0 spiro atoms. The number of carbonyl (C=O) groups excluding carboxylic acids is 2. The van der Waals surface area contributed by atoms with E-state index in [1.807, 2.05) is 0 Å². The monoisotopic (exact) mass is 385 g/mol. The maximum Gasteiger partial charge on any atom is 0.225 e. The molecule has 2 saturated heterocycles. The first-order valence-electron chi connectivity index (χ1n) is 9.95. The van der Waals surface area contributed by atoms with Crippen molar-refractivity contribution in [2.75, 3.05) is 31.1 Å². The van der Waals surface area contributed by atoms with Crippen molar-refractivity contribution in [3.8, 4) is 0 Å². The molecule has 0 bridgehead atoms. The Morgan fingerprint density at radius 2 is 1.81 bits per heavy atom. The van der Waals surface area contributed by atoms with Crippen LogP contribution in [0.25, 0.3) is 0 Å². The quantitative estimate of drug-likeness (QED) is 0.511. The second-order valence-corrected chi connectivity index (χ2v) is 10.2. The van der Waals surface area contributed by atoms with E-state index in [2.05, 4.69) is 10.6 Å². The summed E-state index contributed by atoms with van der Waals surface area (Å²) in [6, 6.07) is 0.310. The molecule has 3 rings (SSSR count). The van der Waals surface area contributed by atoms with E-state index < -0.39 is 9.84 Å². The van der Waals surface area contributed by atoms with E-state index in [1.165, 1.54) is 38.5 Å². The van der Waals surface area contributed by atoms with Gasteiger partial charge in [-0.25, -0.2) is 8.42 Å². The molecule has 2 unspecified atom stereocenters. The Balaban J connectivity index is 1.38. The highest BCUT2D eigenvalue weighted by Gasteiger charge is 2.41. The molecule has 2 aliphatic heterocycles. The van der Waals surface area contributed by atoms with Crippen LogP contribution >= 0.6 is 0 Å². The zero-order chi connectivity index (χ0) is 18.6. The topological polar surface area (TPSA) is 95.6 Å². The van der Waals surface area contributed by atoms with Crippen LogP contribution in [0, 0.1) is 5.92 Å². The van der Waals surface area contributed by atoms with Crippen molar-refractivity contribution >= 4 is 21.7 Å². The largest absolute Gasteiger partial charge is 0.355 e. The molecular weight excluding hydrogens is 354 g/mol. The summed E-state index contributed by atoms with van der Waals surface area (Å²) in [4.78, 5) is 26.2. The molecule has 26 heavy (non-hydrogen) atoms. The van der Waals surface area contributed by atoms with Gasteiger partial charge in [0.1, 0.15) is 0 Å². The Bertz CT molecular complexity index is 614. The molecule has 8 heteroatoms. The van der Waals surface area contributed by atoms with Crippen molar-refractivity contribution in [2.45, 2.75) is 63.5 Å². The van der Waals surface area contributed by atoms with Crippen molar-refractivity contribution in [2.24, 2.45) is 5.92 Å². The minimum absolute atomic E-state index is 0.0401. The number of rotatable bonds is 6. The summed E-state index contributed by atoms with van der Waals surface area (Å²) in [5.41, 5.74) is 0. The Morgan fingerprint density at radius 1 is 1.08 bits per heavy atom. The molecule has 0 aromatic rings. The van der Waals surface area contributed by atoms with Gasteiger partial charge in [-0.05, 0) is 19.3 Å². The van der Waals surface area contributed by atoms with Crippen LogP contribution in [0.3, 0.4) is 0 Å². The fraction of sp³-hybridized carbons (Fsp3) is 0.889. The summed E-state index contributed by atoms with van der Waals surface area (Å²) in [5, 5.41) is 6.45. The van der Waals surface area contributed by atoms with Crippen molar-refractivity contribution in [1.82, 2.24) is 15.5 Å². The SMILES string of the molecule is O=C(NCCNC1CCCCCC1)C1CC(=O)N(C2CCS(=O)(=O)C2)C1. The van der Waals surface area contributed by atoms with E-state index >= 15 is 0 Å². The fourth-order valence-corrected chi connectivity index (χ4v) is 6.10. The normalized spacial score (nSPS) is 29.7. The third-order valence-electron chi connectivity index (χ3n) is 5.89. The molecule has 2 amide bonds. The van der Waals surface area contributed by atoms with Crippen LogP contribution in [0.2, 0.25) is 0 Å². The molecule has 148 valence electrons. The maximum atomic E-state index is 12.3. The number of sulfone groups is 1. The van der Waals surface area contributed by atoms with Crippen LogP contribution < -0.4 is 10.6 Å². The number of nitrogens with one attached hydrogen (secondary N) is 2. The zero-order valence-electron chi connectivity index (χ0n) is 15.4. The van der Waals surface area contributed by atoms with Gasteiger partial charge in [0.15, 0.2) is 9.84 Å². The molecular formula is C18H31N3O4S. The highest BCUT2D eigenvalue weighted by atomic mass is 32.2. The molecule has 0 aromatic carbocycles. The average Bonchev–Trinajstić information content (AvgIpc) is 3.04. The number of likely N-dealkylation sites (tertiary alicyclic amines) is 1. The first-order chi connectivity index (χ1) is 12.4. The summed E-state index contributed by atoms with van der Waals surface area (Å²) in [7, 11) is -3.03. The van der Waals surface area contributed by atoms with Crippen molar-refractivity contribution in [1.29, 1.82) is 0 Å². The van der Waals surface area contributed by atoms with Gasteiger partial charge < -0.3 is 15.5 Å². The average molecular weight is 386 g/mol. The minimum atomic E-state index is -3.03. The lowest BCUT2D eigenvalue weighted by atomic mass is 10.1. The number of hydrogen-bond donors (Lipinski definition) is 2. The lowest BCUT2D eigenvalue weighted by molar-refractivity contribution is -0.130. The highest BCUT2D eigenvalue weighted by molar-refractivity contribution is 7.91. The summed E-state index contributed by atoms with van der Waals surface area (Å²) in [6.45, 7) is 1.67. The van der Waals surface area contributed by atoms with Crippen molar-refractivity contribution in [3.63, 3.8) is 0 Å². The van der Waals surface area contributed by atoms with Gasteiger partial charge in [0.2, 0.25) is 11.8 Å². The molecule has 1 saturated carbocycles. The fourth-order valence-electron chi connectivity index (χ4n) is 4.37. The lowest BCUT2D eigenvalue weighted by Crippen LogP contribution is -2.41. The summed E-state index contributed by atoms with van der Waals surface area (Å²) in [6.07, 6.45) is 8.31. The second-order valence-electron chi connectivity index (χ2n) is 7.94. The second kappa shape index (κ2) is 8.69. The van der Waals surface area contributed by atoms with Crippen molar-refractivity contribution in [3.05, 3.63) is 0 Å².